The van der Waals surface area contributed by atoms with Crippen molar-refractivity contribution >= 4 is 11.3 Å². The monoisotopic (exact) mass is 262 g/mol. The molecule has 1 atom stereocenters. The molecule has 2 rings (SSSR count). The molecule has 0 aliphatic heterocycles. The van der Waals surface area contributed by atoms with Crippen molar-refractivity contribution in [2.75, 3.05) is 6.61 Å². The van der Waals surface area contributed by atoms with Crippen molar-refractivity contribution < 1.29 is 4.74 Å². The topological polar surface area (TPSA) is 34.1 Å². The van der Waals surface area contributed by atoms with Gasteiger partial charge in [0.25, 0.3) is 0 Å². The Balaban J connectivity index is 1.91. The molecule has 0 aliphatic rings. The third-order valence-corrected chi connectivity index (χ3v) is 3.60. The van der Waals surface area contributed by atoms with Crippen LogP contribution in [0.25, 0.3) is 0 Å². The minimum absolute atomic E-state index is 0.278. The van der Waals surface area contributed by atoms with Crippen LogP contribution in [-0.4, -0.2) is 11.6 Å². The summed E-state index contributed by atoms with van der Waals surface area (Å²) in [7, 11) is 0. The van der Waals surface area contributed by atoms with Crippen LogP contribution in [0.3, 0.4) is 0 Å². The van der Waals surface area contributed by atoms with E-state index in [9.17, 15) is 0 Å². The Morgan fingerprint density at radius 2 is 2.33 bits per heavy atom. The number of nitrogens with one attached hydrogen (secondary N) is 1. The molecule has 0 amide bonds. The maximum atomic E-state index is 5.49. The number of thiazole rings is 1. The Morgan fingerprint density at radius 3 is 3.06 bits per heavy atom. The summed E-state index contributed by atoms with van der Waals surface area (Å²) < 4.78 is 5.49. The predicted molar refractivity (Wildman–Crippen MR) is 75.0 cm³/mol. The SMILES string of the molecule is CCOc1cccc(CNC(C)c2nccs2)c1. The highest BCUT2D eigenvalue weighted by Gasteiger charge is 2.07. The zero-order valence-electron chi connectivity index (χ0n) is 10.7. The van der Waals surface area contributed by atoms with E-state index in [0.717, 1.165) is 17.3 Å². The Kier molecular flexibility index (Phi) is 4.73. The fourth-order valence-electron chi connectivity index (χ4n) is 1.72. The maximum absolute atomic E-state index is 5.49. The predicted octanol–water partition coefficient (Wildman–Crippen LogP) is 3.39. The van der Waals surface area contributed by atoms with Crippen LogP contribution in [0.5, 0.6) is 5.75 Å². The standard InChI is InChI=1S/C14H18N2OS/c1-3-17-13-6-4-5-12(9-13)10-16-11(2)14-15-7-8-18-14/h4-9,11,16H,3,10H2,1-2H3. The molecular formula is C14H18N2OS. The highest BCUT2D eigenvalue weighted by molar-refractivity contribution is 7.09. The fourth-order valence-corrected chi connectivity index (χ4v) is 2.39. The molecule has 0 spiro atoms. The number of hydrogen-bond acceptors (Lipinski definition) is 4. The van der Waals surface area contributed by atoms with Crippen LogP contribution in [0.4, 0.5) is 0 Å². The van der Waals surface area contributed by atoms with Gasteiger partial charge in [0.2, 0.25) is 0 Å². The van der Waals surface area contributed by atoms with Gasteiger partial charge in [0.1, 0.15) is 10.8 Å². The Labute approximate surface area is 112 Å². The molecule has 1 N–H and O–H groups in total. The fraction of sp³-hybridized carbons (Fsp3) is 0.357. The Bertz CT molecular complexity index is 470. The van der Waals surface area contributed by atoms with E-state index in [1.54, 1.807) is 11.3 Å². The molecule has 0 saturated heterocycles. The molecule has 18 heavy (non-hydrogen) atoms. The average Bonchev–Trinajstić information content (AvgIpc) is 2.91. The van der Waals surface area contributed by atoms with Crippen LogP contribution in [0.2, 0.25) is 0 Å². The largest absolute Gasteiger partial charge is 0.494 e. The smallest absolute Gasteiger partial charge is 0.119 e. The summed E-state index contributed by atoms with van der Waals surface area (Å²) in [4.78, 5) is 4.31. The van der Waals surface area contributed by atoms with Crippen LogP contribution in [0.1, 0.15) is 30.5 Å². The second-order valence-corrected chi connectivity index (χ2v) is 4.98. The van der Waals surface area contributed by atoms with Gasteiger partial charge in [-0.2, -0.15) is 0 Å². The second kappa shape index (κ2) is 6.52. The number of aromatic nitrogens is 1. The molecule has 0 aliphatic carbocycles. The van der Waals surface area contributed by atoms with Gasteiger partial charge in [-0.05, 0) is 31.5 Å². The number of ether oxygens (including phenoxy) is 1. The van der Waals surface area contributed by atoms with E-state index in [0.29, 0.717) is 6.61 Å². The minimum atomic E-state index is 0.278. The van der Waals surface area contributed by atoms with E-state index >= 15 is 0 Å². The van der Waals surface area contributed by atoms with Crippen LogP contribution >= 0.6 is 11.3 Å². The zero-order valence-corrected chi connectivity index (χ0v) is 11.5. The van der Waals surface area contributed by atoms with Crippen LogP contribution in [-0.2, 0) is 6.54 Å². The summed E-state index contributed by atoms with van der Waals surface area (Å²) in [5.74, 6) is 0.929. The molecule has 4 heteroatoms. The number of benzene rings is 1. The van der Waals surface area contributed by atoms with E-state index in [2.05, 4.69) is 29.4 Å². The van der Waals surface area contributed by atoms with Gasteiger partial charge in [-0.25, -0.2) is 4.98 Å². The van der Waals surface area contributed by atoms with E-state index in [4.69, 9.17) is 4.74 Å². The third kappa shape index (κ3) is 3.55. The maximum Gasteiger partial charge on any atom is 0.119 e. The number of hydrogen-bond donors (Lipinski definition) is 1. The van der Waals surface area contributed by atoms with Crippen molar-refractivity contribution in [3.05, 3.63) is 46.4 Å². The lowest BCUT2D eigenvalue weighted by molar-refractivity contribution is 0.339. The van der Waals surface area contributed by atoms with Crippen LogP contribution in [0, 0.1) is 0 Å². The molecule has 2 aromatic rings. The minimum Gasteiger partial charge on any atom is -0.494 e. The first-order chi connectivity index (χ1) is 8.79. The Hall–Kier alpha value is -1.39. The van der Waals surface area contributed by atoms with Gasteiger partial charge in [-0.1, -0.05) is 12.1 Å². The summed E-state index contributed by atoms with van der Waals surface area (Å²) in [5, 5.41) is 6.59. The van der Waals surface area contributed by atoms with Gasteiger partial charge in [0.15, 0.2) is 0 Å². The number of nitrogens with zero attached hydrogens (tertiary/aromatic N) is 1. The van der Waals surface area contributed by atoms with Crippen molar-refractivity contribution in [1.82, 2.24) is 10.3 Å². The summed E-state index contributed by atoms with van der Waals surface area (Å²) in [6.07, 6.45) is 1.84. The summed E-state index contributed by atoms with van der Waals surface area (Å²) in [5.41, 5.74) is 1.23. The third-order valence-electron chi connectivity index (χ3n) is 2.64. The highest BCUT2D eigenvalue weighted by atomic mass is 32.1. The van der Waals surface area contributed by atoms with Crippen LogP contribution in [0.15, 0.2) is 35.8 Å². The summed E-state index contributed by atoms with van der Waals surface area (Å²) in [6.45, 7) is 5.65. The van der Waals surface area contributed by atoms with E-state index in [1.807, 2.05) is 30.6 Å². The van der Waals surface area contributed by atoms with Gasteiger partial charge >= 0.3 is 0 Å². The van der Waals surface area contributed by atoms with Crippen molar-refractivity contribution in [2.45, 2.75) is 26.4 Å². The normalized spacial score (nSPS) is 12.3. The molecule has 0 bridgehead atoms. The molecule has 3 nitrogen and oxygen atoms in total. The molecule has 0 radical (unpaired) electrons. The average molecular weight is 262 g/mol. The van der Waals surface area contributed by atoms with Crippen molar-refractivity contribution in [3.8, 4) is 5.75 Å². The molecular weight excluding hydrogens is 244 g/mol. The Morgan fingerprint density at radius 1 is 1.44 bits per heavy atom. The summed E-state index contributed by atoms with van der Waals surface area (Å²) in [6, 6.07) is 8.46. The van der Waals surface area contributed by atoms with E-state index in [-0.39, 0.29) is 6.04 Å². The molecule has 1 unspecified atom stereocenters. The lowest BCUT2D eigenvalue weighted by Gasteiger charge is -2.12. The first kappa shape index (κ1) is 13.1. The number of rotatable bonds is 6. The molecule has 1 aromatic heterocycles. The molecule has 1 aromatic carbocycles. The molecule has 0 saturated carbocycles. The van der Waals surface area contributed by atoms with Gasteiger partial charge < -0.3 is 10.1 Å². The van der Waals surface area contributed by atoms with Gasteiger partial charge in [0, 0.05) is 18.1 Å². The molecule has 0 fully saturated rings. The molecule has 1 heterocycles. The van der Waals surface area contributed by atoms with Crippen molar-refractivity contribution in [3.63, 3.8) is 0 Å². The lowest BCUT2D eigenvalue weighted by Crippen LogP contribution is -2.17. The van der Waals surface area contributed by atoms with Crippen molar-refractivity contribution in [2.24, 2.45) is 0 Å². The second-order valence-electron chi connectivity index (χ2n) is 4.05. The van der Waals surface area contributed by atoms with Gasteiger partial charge in [0.05, 0.1) is 12.6 Å². The molecule has 96 valence electrons. The first-order valence-corrected chi connectivity index (χ1v) is 7.02. The lowest BCUT2D eigenvalue weighted by atomic mass is 10.2. The highest BCUT2D eigenvalue weighted by Crippen LogP contribution is 2.17. The van der Waals surface area contributed by atoms with E-state index < -0.39 is 0 Å². The summed E-state index contributed by atoms with van der Waals surface area (Å²) >= 11 is 1.68. The quantitative estimate of drug-likeness (QED) is 0.866. The van der Waals surface area contributed by atoms with Crippen molar-refractivity contribution in [1.29, 1.82) is 0 Å². The van der Waals surface area contributed by atoms with Crippen LogP contribution < -0.4 is 10.1 Å². The zero-order chi connectivity index (χ0) is 12.8. The van der Waals surface area contributed by atoms with Gasteiger partial charge in [-0.3, -0.25) is 0 Å². The van der Waals surface area contributed by atoms with E-state index in [1.165, 1.54) is 5.56 Å². The first-order valence-electron chi connectivity index (χ1n) is 6.14. The van der Waals surface area contributed by atoms with Gasteiger partial charge in [-0.15, -0.1) is 11.3 Å².